The van der Waals surface area contributed by atoms with Gasteiger partial charge < -0.3 is 10.1 Å². The van der Waals surface area contributed by atoms with E-state index in [0.29, 0.717) is 6.10 Å². The number of hydrogen-bond donors (Lipinski definition) is 1. The van der Waals surface area contributed by atoms with Crippen molar-refractivity contribution in [2.75, 3.05) is 13.2 Å². The second-order valence-electron chi connectivity index (χ2n) is 5.01. The molecule has 2 atom stereocenters. The number of morpholine rings is 1. The zero-order valence-corrected chi connectivity index (χ0v) is 10.7. The van der Waals surface area contributed by atoms with Gasteiger partial charge in [-0.3, -0.25) is 0 Å². The lowest BCUT2D eigenvalue weighted by Crippen LogP contribution is -2.59. The number of hydrogen-bond acceptors (Lipinski definition) is 2. The van der Waals surface area contributed by atoms with Crippen molar-refractivity contribution in [3.05, 3.63) is 34.9 Å². The van der Waals surface area contributed by atoms with Crippen LogP contribution in [-0.2, 0) is 10.3 Å². The largest absolute Gasteiger partial charge is 0.375 e. The molecule has 1 saturated heterocycles. The second-order valence-corrected chi connectivity index (χ2v) is 5.45. The molecule has 0 spiro atoms. The van der Waals surface area contributed by atoms with Gasteiger partial charge in [0.05, 0.1) is 18.2 Å². The monoisotopic (exact) mass is 251 g/mol. The van der Waals surface area contributed by atoms with E-state index in [9.17, 15) is 0 Å². The molecule has 0 unspecified atom stereocenters. The lowest BCUT2D eigenvalue weighted by atomic mass is 9.73. The highest BCUT2D eigenvalue weighted by atomic mass is 35.5. The summed E-state index contributed by atoms with van der Waals surface area (Å²) in [5, 5.41) is 4.51. The van der Waals surface area contributed by atoms with E-state index >= 15 is 0 Å². The van der Waals surface area contributed by atoms with E-state index < -0.39 is 0 Å². The smallest absolute Gasteiger partial charge is 0.0799 e. The Balaban J connectivity index is 2.00. The van der Waals surface area contributed by atoms with Gasteiger partial charge in [0, 0.05) is 11.6 Å². The highest BCUT2D eigenvalue weighted by Gasteiger charge is 2.44. The van der Waals surface area contributed by atoms with E-state index in [2.05, 4.69) is 17.4 Å². The van der Waals surface area contributed by atoms with Gasteiger partial charge in [0.2, 0.25) is 0 Å². The molecule has 2 fully saturated rings. The predicted molar refractivity (Wildman–Crippen MR) is 69.3 cm³/mol. The summed E-state index contributed by atoms with van der Waals surface area (Å²) in [5.74, 6) is 0. The minimum atomic E-state index is 0.00139. The van der Waals surface area contributed by atoms with Crippen LogP contribution in [0.15, 0.2) is 24.3 Å². The molecule has 1 aliphatic carbocycles. The first-order chi connectivity index (χ1) is 8.31. The van der Waals surface area contributed by atoms with Crippen molar-refractivity contribution in [2.45, 2.75) is 37.3 Å². The summed E-state index contributed by atoms with van der Waals surface area (Å²) in [7, 11) is 0. The summed E-state index contributed by atoms with van der Waals surface area (Å²) >= 11 is 6.12. The molecular weight excluding hydrogens is 234 g/mol. The Labute approximate surface area is 107 Å². The van der Waals surface area contributed by atoms with Gasteiger partial charge in [0.15, 0.2) is 0 Å². The van der Waals surface area contributed by atoms with Gasteiger partial charge in [-0.05, 0) is 30.5 Å². The summed E-state index contributed by atoms with van der Waals surface area (Å²) in [6.07, 6.45) is 5.15. The molecule has 1 aromatic rings. The van der Waals surface area contributed by atoms with E-state index in [4.69, 9.17) is 16.3 Å². The van der Waals surface area contributed by atoms with Gasteiger partial charge in [-0.2, -0.15) is 0 Å². The van der Waals surface area contributed by atoms with Crippen LogP contribution in [0.2, 0.25) is 5.02 Å². The molecule has 3 rings (SSSR count). The Morgan fingerprint density at radius 3 is 3.18 bits per heavy atom. The van der Waals surface area contributed by atoms with Crippen LogP contribution in [0.3, 0.4) is 0 Å². The van der Waals surface area contributed by atoms with Crippen LogP contribution in [0.5, 0.6) is 0 Å². The number of rotatable bonds is 1. The maximum Gasteiger partial charge on any atom is 0.0799 e. The molecule has 1 saturated carbocycles. The first-order valence-electron chi connectivity index (χ1n) is 6.44. The summed E-state index contributed by atoms with van der Waals surface area (Å²) in [6, 6.07) is 8.23. The van der Waals surface area contributed by atoms with E-state index in [-0.39, 0.29) is 5.54 Å². The van der Waals surface area contributed by atoms with E-state index in [0.717, 1.165) is 31.0 Å². The Bertz CT molecular complexity index is 395. The number of fused-ring (bicyclic) bond motifs is 1. The topological polar surface area (TPSA) is 21.3 Å². The van der Waals surface area contributed by atoms with E-state index in [1.807, 2.05) is 12.1 Å². The standard InChI is InChI=1S/C14H18ClNO/c15-12-5-3-4-11(10-12)14-7-2-1-6-13(14)17-9-8-16-14/h3-5,10,13,16H,1-2,6-9H2/t13-,14-/m1/s1. The quantitative estimate of drug-likeness (QED) is 0.828. The first-order valence-corrected chi connectivity index (χ1v) is 6.82. The molecule has 17 heavy (non-hydrogen) atoms. The molecule has 1 N–H and O–H groups in total. The SMILES string of the molecule is Clc1cccc([C@]23CCCC[C@H]2OCCN3)c1. The summed E-state index contributed by atoms with van der Waals surface area (Å²) in [4.78, 5) is 0. The number of halogens is 1. The molecule has 1 aromatic carbocycles. The van der Waals surface area contributed by atoms with E-state index in [1.54, 1.807) is 0 Å². The molecule has 0 bridgehead atoms. The Morgan fingerprint density at radius 1 is 1.35 bits per heavy atom. The average Bonchev–Trinajstić information content (AvgIpc) is 2.39. The third kappa shape index (κ3) is 1.99. The minimum absolute atomic E-state index is 0.00139. The van der Waals surface area contributed by atoms with Crippen LogP contribution in [-0.4, -0.2) is 19.3 Å². The van der Waals surface area contributed by atoms with Crippen LogP contribution in [0, 0.1) is 0 Å². The molecule has 2 aliphatic rings. The maximum atomic E-state index is 6.12. The first kappa shape index (κ1) is 11.5. The highest BCUT2D eigenvalue weighted by molar-refractivity contribution is 6.30. The van der Waals surface area contributed by atoms with Crippen LogP contribution in [0.1, 0.15) is 31.2 Å². The zero-order chi connectivity index (χ0) is 11.7. The third-order valence-electron chi connectivity index (χ3n) is 4.04. The molecule has 2 nitrogen and oxygen atoms in total. The van der Waals surface area contributed by atoms with Gasteiger partial charge in [0.25, 0.3) is 0 Å². The fourth-order valence-corrected chi connectivity index (χ4v) is 3.43. The van der Waals surface area contributed by atoms with Crippen LogP contribution < -0.4 is 5.32 Å². The fourth-order valence-electron chi connectivity index (χ4n) is 3.24. The van der Waals surface area contributed by atoms with Crippen LogP contribution >= 0.6 is 11.6 Å². The predicted octanol–water partition coefficient (Wildman–Crippen LogP) is 3.10. The van der Waals surface area contributed by atoms with Gasteiger partial charge >= 0.3 is 0 Å². The molecule has 1 aliphatic heterocycles. The van der Waals surface area contributed by atoms with Crippen molar-refractivity contribution in [1.82, 2.24) is 5.32 Å². The van der Waals surface area contributed by atoms with Crippen molar-refractivity contribution in [3.8, 4) is 0 Å². The van der Waals surface area contributed by atoms with Crippen LogP contribution in [0.4, 0.5) is 0 Å². The lowest BCUT2D eigenvalue weighted by molar-refractivity contribution is -0.0756. The molecule has 3 heteroatoms. The zero-order valence-electron chi connectivity index (χ0n) is 9.92. The Morgan fingerprint density at radius 2 is 2.29 bits per heavy atom. The lowest BCUT2D eigenvalue weighted by Gasteiger charge is -2.48. The van der Waals surface area contributed by atoms with Gasteiger partial charge in [-0.1, -0.05) is 36.6 Å². The highest BCUT2D eigenvalue weighted by Crippen LogP contribution is 2.41. The number of benzene rings is 1. The summed E-state index contributed by atoms with van der Waals surface area (Å²) < 4.78 is 5.97. The van der Waals surface area contributed by atoms with Gasteiger partial charge in [-0.15, -0.1) is 0 Å². The molecule has 92 valence electrons. The summed E-state index contributed by atoms with van der Waals surface area (Å²) in [5.41, 5.74) is 1.29. The van der Waals surface area contributed by atoms with Crippen molar-refractivity contribution in [1.29, 1.82) is 0 Å². The molecule has 1 heterocycles. The normalized spacial score (nSPS) is 33.1. The molecular formula is C14H18ClNO. The minimum Gasteiger partial charge on any atom is -0.375 e. The second kappa shape index (κ2) is 4.60. The number of nitrogens with one attached hydrogen (secondary N) is 1. The molecule has 0 amide bonds. The average molecular weight is 252 g/mol. The van der Waals surface area contributed by atoms with Crippen molar-refractivity contribution in [2.24, 2.45) is 0 Å². The fraction of sp³-hybridized carbons (Fsp3) is 0.571. The van der Waals surface area contributed by atoms with E-state index in [1.165, 1.54) is 18.4 Å². The third-order valence-corrected chi connectivity index (χ3v) is 4.27. The maximum absolute atomic E-state index is 6.12. The van der Waals surface area contributed by atoms with Crippen LogP contribution in [0.25, 0.3) is 0 Å². The summed E-state index contributed by atoms with van der Waals surface area (Å²) in [6.45, 7) is 1.76. The molecule has 0 radical (unpaired) electrons. The number of ether oxygens (including phenoxy) is 1. The molecule has 0 aromatic heterocycles. The Kier molecular flexibility index (Phi) is 3.12. The van der Waals surface area contributed by atoms with Gasteiger partial charge in [-0.25, -0.2) is 0 Å². The van der Waals surface area contributed by atoms with Crippen molar-refractivity contribution < 1.29 is 4.74 Å². The van der Waals surface area contributed by atoms with Crippen molar-refractivity contribution >= 4 is 11.6 Å². The van der Waals surface area contributed by atoms with Crippen molar-refractivity contribution in [3.63, 3.8) is 0 Å². The Hall–Kier alpha value is -0.570. The van der Waals surface area contributed by atoms with Gasteiger partial charge in [0.1, 0.15) is 0 Å².